The Morgan fingerprint density at radius 2 is 1.87 bits per heavy atom. The van der Waals surface area contributed by atoms with Crippen LogP contribution in [-0.4, -0.2) is 19.5 Å². The largest absolute Gasteiger partial charge is 0.497 e. The van der Waals surface area contributed by atoms with E-state index in [9.17, 15) is 8.42 Å². The third-order valence-electron chi connectivity index (χ3n) is 3.58. The molecule has 7 heteroatoms. The third-order valence-corrected chi connectivity index (χ3v) is 6.04. The number of hydrogen-bond acceptors (Lipinski definition) is 3. The Morgan fingerprint density at radius 1 is 1.17 bits per heavy atom. The SMILES string of the molecule is COc1ccc(S(=O)(=O)n2cc(CCl)c3cc(Br)ccc32)cc1. The molecule has 0 N–H and O–H groups in total. The minimum Gasteiger partial charge on any atom is -0.497 e. The van der Waals surface area contributed by atoms with Crippen LogP contribution in [0.2, 0.25) is 0 Å². The lowest BCUT2D eigenvalue weighted by Gasteiger charge is -2.08. The molecule has 0 spiro atoms. The Balaban J connectivity index is 2.21. The van der Waals surface area contributed by atoms with Crippen LogP contribution in [0.15, 0.2) is 58.0 Å². The van der Waals surface area contributed by atoms with Crippen molar-refractivity contribution in [3.63, 3.8) is 0 Å². The van der Waals surface area contributed by atoms with Gasteiger partial charge in [-0.3, -0.25) is 0 Å². The number of nitrogens with zero attached hydrogens (tertiary/aromatic N) is 1. The highest BCUT2D eigenvalue weighted by Gasteiger charge is 2.21. The highest BCUT2D eigenvalue weighted by Crippen LogP contribution is 2.29. The molecule has 0 saturated carbocycles. The molecule has 0 radical (unpaired) electrons. The maximum Gasteiger partial charge on any atom is 0.268 e. The maximum atomic E-state index is 12.9. The molecule has 0 bridgehead atoms. The van der Waals surface area contributed by atoms with Crippen molar-refractivity contribution in [2.75, 3.05) is 7.11 Å². The van der Waals surface area contributed by atoms with Crippen molar-refractivity contribution in [1.82, 2.24) is 3.97 Å². The van der Waals surface area contributed by atoms with Gasteiger partial charge in [0.1, 0.15) is 5.75 Å². The number of methoxy groups -OCH3 is 1. The number of benzene rings is 2. The molecule has 4 nitrogen and oxygen atoms in total. The predicted octanol–water partition coefficient (Wildman–Crippen LogP) is 4.39. The summed E-state index contributed by atoms with van der Waals surface area (Å²) in [6.45, 7) is 0. The van der Waals surface area contributed by atoms with Crippen LogP contribution >= 0.6 is 27.5 Å². The summed E-state index contributed by atoms with van der Waals surface area (Å²) in [5.41, 5.74) is 1.36. The fourth-order valence-electron chi connectivity index (χ4n) is 2.40. The lowest BCUT2D eigenvalue weighted by atomic mass is 10.2. The van der Waals surface area contributed by atoms with Crippen LogP contribution in [0, 0.1) is 0 Å². The zero-order chi connectivity index (χ0) is 16.6. The van der Waals surface area contributed by atoms with Crippen molar-refractivity contribution in [2.45, 2.75) is 10.8 Å². The Morgan fingerprint density at radius 3 is 2.48 bits per heavy atom. The quantitative estimate of drug-likeness (QED) is 0.595. The zero-order valence-corrected chi connectivity index (χ0v) is 15.3. The van der Waals surface area contributed by atoms with Gasteiger partial charge in [0.15, 0.2) is 0 Å². The first-order chi connectivity index (χ1) is 11.0. The number of halogens is 2. The molecule has 2 aromatic carbocycles. The van der Waals surface area contributed by atoms with Gasteiger partial charge in [-0.15, -0.1) is 11.6 Å². The third kappa shape index (κ3) is 2.86. The van der Waals surface area contributed by atoms with Crippen molar-refractivity contribution in [3.05, 3.63) is 58.7 Å². The van der Waals surface area contributed by atoms with E-state index in [-0.39, 0.29) is 10.8 Å². The van der Waals surface area contributed by atoms with E-state index in [0.29, 0.717) is 11.3 Å². The van der Waals surface area contributed by atoms with E-state index in [2.05, 4.69) is 15.9 Å². The normalized spacial score (nSPS) is 11.8. The number of alkyl halides is 1. The van der Waals surface area contributed by atoms with E-state index >= 15 is 0 Å². The van der Waals surface area contributed by atoms with Gasteiger partial charge < -0.3 is 4.74 Å². The molecule has 0 atom stereocenters. The molecular weight excluding hydrogens is 402 g/mol. The molecule has 0 fully saturated rings. The van der Waals surface area contributed by atoms with Crippen molar-refractivity contribution in [3.8, 4) is 5.75 Å². The second-order valence-corrected chi connectivity index (χ2v) is 7.92. The van der Waals surface area contributed by atoms with Crippen LogP contribution in [0.4, 0.5) is 0 Å². The van der Waals surface area contributed by atoms with Crippen LogP contribution in [0.25, 0.3) is 10.9 Å². The van der Waals surface area contributed by atoms with Gasteiger partial charge in [0, 0.05) is 21.9 Å². The lowest BCUT2D eigenvalue weighted by Crippen LogP contribution is -2.11. The summed E-state index contributed by atoms with van der Waals surface area (Å²) in [5.74, 6) is 0.838. The first-order valence-electron chi connectivity index (χ1n) is 6.72. The maximum absolute atomic E-state index is 12.9. The summed E-state index contributed by atoms with van der Waals surface area (Å²) in [6.07, 6.45) is 1.57. The van der Waals surface area contributed by atoms with Gasteiger partial charge in [-0.25, -0.2) is 12.4 Å². The van der Waals surface area contributed by atoms with Crippen LogP contribution in [0.5, 0.6) is 5.75 Å². The van der Waals surface area contributed by atoms with E-state index in [1.807, 2.05) is 6.07 Å². The van der Waals surface area contributed by atoms with E-state index in [0.717, 1.165) is 15.4 Å². The van der Waals surface area contributed by atoms with Gasteiger partial charge in [0.2, 0.25) is 0 Å². The van der Waals surface area contributed by atoms with Gasteiger partial charge in [-0.2, -0.15) is 0 Å². The average Bonchev–Trinajstić information content (AvgIpc) is 2.93. The van der Waals surface area contributed by atoms with E-state index in [4.69, 9.17) is 16.3 Å². The fraction of sp³-hybridized carbons (Fsp3) is 0.125. The topological polar surface area (TPSA) is 48.3 Å². The first kappa shape index (κ1) is 16.4. The fourth-order valence-corrected chi connectivity index (χ4v) is 4.37. The van der Waals surface area contributed by atoms with Crippen molar-refractivity contribution in [1.29, 1.82) is 0 Å². The van der Waals surface area contributed by atoms with Gasteiger partial charge >= 0.3 is 0 Å². The Kier molecular flexibility index (Phi) is 4.40. The number of fused-ring (bicyclic) bond motifs is 1. The summed E-state index contributed by atoms with van der Waals surface area (Å²) >= 11 is 9.37. The Hall–Kier alpha value is -1.50. The first-order valence-corrected chi connectivity index (χ1v) is 9.49. The summed E-state index contributed by atoms with van der Waals surface area (Å²) in [7, 11) is -2.17. The minimum absolute atomic E-state index is 0.194. The molecular formula is C16H13BrClNO3S. The van der Waals surface area contributed by atoms with E-state index in [1.165, 1.54) is 23.2 Å². The van der Waals surface area contributed by atoms with Crippen molar-refractivity contribution < 1.29 is 13.2 Å². The Labute approximate surface area is 147 Å². The van der Waals surface area contributed by atoms with E-state index in [1.54, 1.807) is 30.5 Å². The molecule has 3 rings (SSSR count). The minimum atomic E-state index is -3.71. The van der Waals surface area contributed by atoms with Gasteiger partial charge in [0.25, 0.3) is 10.0 Å². The van der Waals surface area contributed by atoms with Gasteiger partial charge in [-0.1, -0.05) is 15.9 Å². The molecule has 120 valence electrons. The number of hydrogen-bond donors (Lipinski definition) is 0. The number of rotatable bonds is 4. The second kappa shape index (κ2) is 6.19. The number of ether oxygens (including phenoxy) is 1. The molecule has 3 aromatic rings. The molecule has 0 aliphatic heterocycles. The van der Waals surface area contributed by atoms with Crippen LogP contribution in [-0.2, 0) is 15.9 Å². The molecule has 0 aliphatic rings. The second-order valence-electron chi connectivity index (χ2n) is 4.93. The van der Waals surface area contributed by atoms with Crippen LogP contribution in [0.1, 0.15) is 5.56 Å². The lowest BCUT2D eigenvalue weighted by molar-refractivity contribution is 0.414. The molecule has 0 aliphatic carbocycles. The molecule has 1 heterocycles. The summed E-state index contributed by atoms with van der Waals surface area (Å²) in [6, 6.07) is 11.7. The zero-order valence-electron chi connectivity index (χ0n) is 12.2. The van der Waals surface area contributed by atoms with Crippen LogP contribution in [0.3, 0.4) is 0 Å². The number of aromatic nitrogens is 1. The van der Waals surface area contributed by atoms with Crippen LogP contribution < -0.4 is 4.74 Å². The highest BCUT2D eigenvalue weighted by atomic mass is 79.9. The summed E-state index contributed by atoms with van der Waals surface area (Å²) in [4.78, 5) is 0.194. The van der Waals surface area contributed by atoms with E-state index < -0.39 is 10.0 Å². The van der Waals surface area contributed by atoms with Gasteiger partial charge in [-0.05, 0) is 48.0 Å². The molecule has 0 amide bonds. The molecule has 0 unspecified atom stereocenters. The van der Waals surface area contributed by atoms with Crippen molar-refractivity contribution in [2.24, 2.45) is 0 Å². The highest BCUT2D eigenvalue weighted by molar-refractivity contribution is 9.10. The standard InChI is InChI=1S/C16H13BrClNO3S/c1-22-13-3-5-14(6-4-13)23(20,21)19-10-11(9-18)15-8-12(17)2-7-16(15)19/h2-8,10H,9H2,1H3. The van der Waals surface area contributed by atoms with Gasteiger partial charge in [0.05, 0.1) is 17.5 Å². The average molecular weight is 415 g/mol. The van der Waals surface area contributed by atoms with Crippen molar-refractivity contribution >= 4 is 48.5 Å². The summed E-state index contributed by atoms with van der Waals surface area (Å²) < 4.78 is 33.1. The monoisotopic (exact) mass is 413 g/mol. The molecule has 1 aromatic heterocycles. The smallest absolute Gasteiger partial charge is 0.268 e. The molecule has 23 heavy (non-hydrogen) atoms. The predicted molar refractivity (Wildman–Crippen MR) is 94.8 cm³/mol. The Bertz CT molecular complexity index is 965. The molecule has 0 saturated heterocycles. The summed E-state index contributed by atoms with van der Waals surface area (Å²) in [5, 5.41) is 0.812.